The van der Waals surface area contributed by atoms with E-state index in [1.54, 1.807) is 0 Å². The van der Waals surface area contributed by atoms with Gasteiger partial charge in [-0.05, 0) is 12.5 Å². The van der Waals surface area contributed by atoms with E-state index in [2.05, 4.69) is 16.1 Å². The predicted molar refractivity (Wildman–Crippen MR) is 188 cm³/mol. The van der Waals surface area contributed by atoms with Crippen LogP contribution in [0.1, 0.15) is 19.8 Å². The lowest BCUT2D eigenvalue weighted by Crippen LogP contribution is -2.53. The minimum atomic E-state index is -1.30. The first-order valence-electron chi connectivity index (χ1n) is 17.5. The molecule has 19 nitrogen and oxygen atoms in total. The molecule has 0 aromatic heterocycles. The van der Waals surface area contributed by atoms with Gasteiger partial charge in [0.25, 0.3) is 0 Å². The maximum Gasteiger partial charge on any atom is 0.409 e. The van der Waals surface area contributed by atoms with Gasteiger partial charge in [-0.15, -0.1) is 6.42 Å². The second-order valence-corrected chi connectivity index (χ2v) is 11.7. The summed E-state index contributed by atoms with van der Waals surface area (Å²) in [6.07, 6.45) is 2.69. The number of likely N-dealkylation sites (N-methyl/N-ethyl adjacent to an activating group) is 2. The summed E-state index contributed by atoms with van der Waals surface area (Å²) in [5.74, 6) is 0.377. The number of hydrogen-bond donors (Lipinski definition) is 4. The van der Waals surface area contributed by atoms with Crippen LogP contribution < -0.4 is 5.32 Å². The lowest BCUT2D eigenvalue weighted by Gasteiger charge is -2.36. The SMILES string of the molecule is C#CCOCCOCCOCCOCCN(CCOCCN(C)C(=O)O)CCOCCN(C)C(=O)O[C@H](CCO)[C@@H]1OC(C(=O)O)=CC[C@H]1NC(C)=O. The van der Waals surface area contributed by atoms with Crippen molar-refractivity contribution in [2.24, 2.45) is 0 Å². The number of carboxylic acids is 1. The Bertz CT molecular complexity index is 1120. The number of aliphatic carboxylic acids is 1. The number of carboxylic acid groups (broad SMARTS) is 2. The van der Waals surface area contributed by atoms with Crippen molar-refractivity contribution >= 4 is 24.1 Å². The number of aliphatic hydroxyl groups excluding tert-OH is 1. The number of nitrogens with one attached hydrogen (secondary N) is 1. The standard InChI is InChI=1S/C34H58N4O15/c1-5-15-46-21-23-50-25-26-51-24-22-49-20-13-38(11-18-47-16-9-36(3)33(43)44)12-19-48-17-10-37(4)34(45)53-29(8-14-39)31-28(35-27(2)40)6-7-30(52-31)32(41)42/h1,7,28-29,31,39H,6,8-26H2,2-4H3,(H,35,40)(H,41,42)(H,43,44)/t28-,29-,31-/m1/s1. The molecule has 0 fully saturated rings. The summed E-state index contributed by atoms with van der Waals surface area (Å²) >= 11 is 0. The molecule has 0 bridgehead atoms. The zero-order valence-electron chi connectivity index (χ0n) is 31.1. The average molecular weight is 763 g/mol. The van der Waals surface area contributed by atoms with Crippen molar-refractivity contribution in [1.82, 2.24) is 20.0 Å². The number of carbonyl (C=O) groups is 4. The second-order valence-electron chi connectivity index (χ2n) is 11.7. The van der Waals surface area contributed by atoms with Gasteiger partial charge in [-0.2, -0.15) is 0 Å². The maximum atomic E-state index is 12.9. The molecule has 0 radical (unpaired) electrons. The van der Waals surface area contributed by atoms with E-state index < -0.39 is 36.4 Å². The molecular formula is C34H58N4O15. The van der Waals surface area contributed by atoms with Crippen molar-refractivity contribution in [3.63, 3.8) is 0 Å². The van der Waals surface area contributed by atoms with E-state index >= 15 is 0 Å². The fraction of sp³-hybridized carbons (Fsp3) is 0.765. The number of rotatable bonds is 31. The summed E-state index contributed by atoms with van der Waals surface area (Å²) in [7, 11) is 2.98. The van der Waals surface area contributed by atoms with Gasteiger partial charge in [0.05, 0.1) is 78.7 Å². The van der Waals surface area contributed by atoms with E-state index in [9.17, 15) is 29.4 Å². The van der Waals surface area contributed by atoms with Crippen LogP contribution in [0.15, 0.2) is 11.8 Å². The van der Waals surface area contributed by atoms with E-state index in [-0.39, 0.29) is 64.0 Å². The zero-order chi connectivity index (χ0) is 39.3. The molecule has 0 aliphatic carbocycles. The highest BCUT2D eigenvalue weighted by Gasteiger charge is 2.39. The summed E-state index contributed by atoms with van der Waals surface area (Å²) < 4.78 is 44.3. The molecule has 3 amide bonds. The van der Waals surface area contributed by atoms with E-state index in [1.165, 1.54) is 32.0 Å². The van der Waals surface area contributed by atoms with Crippen molar-refractivity contribution in [2.45, 2.75) is 38.0 Å². The van der Waals surface area contributed by atoms with Crippen molar-refractivity contribution in [1.29, 1.82) is 0 Å². The van der Waals surface area contributed by atoms with E-state index in [4.69, 9.17) is 49.4 Å². The molecule has 0 saturated heterocycles. The quantitative estimate of drug-likeness (QED) is 0.0526. The Hall–Kier alpha value is -3.74. The minimum absolute atomic E-state index is 0.0455. The third-order valence-electron chi connectivity index (χ3n) is 7.59. The van der Waals surface area contributed by atoms with Crippen molar-refractivity contribution in [3.05, 3.63) is 11.8 Å². The molecule has 4 N–H and O–H groups in total. The van der Waals surface area contributed by atoms with Gasteiger partial charge in [-0.3, -0.25) is 9.69 Å². The number of amides is 3. The molecule has 0 aromatic rings. The molecule has 0 aromatic carbocycles. The van der Waals surface area contributed by atoms with E-state index in [0.29, 0.717) is 79.1 Å². The van der Waals surface area contributed by atoms with E-state index in [1.807, 2.05) is 0 Å². The first kappa shape index (κ1) is 47.3. The van der Waals surface area contributed by atoms with E-state index in [0.717, 1.165) is 4.90 Å². The first-order valence-corrected chi connectivity index (χ1v) is 17.5. The average Bonchev–Trinajstić information content (AvgIpc) is 3.12. The Balaban J connectivity index is 2.50. The van der Waals surface area contributed by atoms with Crippen LogP contribution in [-0.4, -0.2) is 205 Å². The number of nitrogens with zero attached hydrogens (tertiary/aromatic N) is 3. The molecule has 1 rings (SSSR count). The van der Waals surface area contributed by atoms with Gasteiger partial charge < -0.3 is 68.3 Å². The minimum Gasteiger partial charge on any atom is -0.477 e. The summed E-state index contributed by atoms with van der Waals surface area (Å²) in [6.45, 7) is 7.30. The Morgan fingerprint density at radius 1 is 0.830 bits per heavy atom. The predicted octanol–water partition coefficient (Wildman–Crippen LogP) is -0.287. The lowest BCUT2D eigenvalue weighted by atomic mass is 9.97. The number of aliphatic hydroxyl groups is 1. The van der Waals surface area contributed by atoms with Gasteiger partial charge in [-0.1, -0.05) is 5.92 Å². The van der Waals surface area contributed by atoms with Crippen LogP contribution in [0.4, 0.5) is 9.59 Å². The fourth-order valence-electron chi connectivity index (χ4n) is 4.66. The summed E-state index contributed by atoms with van der Waals surface area (Å²) in [5, 5.41) is 30.7. The Morgan fingerprint density at radius 2 is 1.32 bits per heavy atom. The van der Waals surface area contributed by atoms with Crippen LogP contribution in [0.25, 0.3) is 0 Å². The van der Waals surface area contributed by atoms with Gasteiger partial charge in [0.15, 0.2) is 6.10 Å². The normalized spacial score (nSPS) is 15.9. The van der Waals surface area contributed by atoms with Crippen LogP contribution in [0, 0.1) is 12.3 Å². The van der Waals surface area contributed by atoms with Crippen LogP contribution in [0.5, 0.6) is 0 Å². The van der Waals surface area contributed by atoms with Gasteiger partial charge in [0.2, 0.25) is 11.7 Å². The third-order valence-corrected chi connectivity index (χ3v) is 7.59. The zero-order valence-corrected chi connectivity index (χ0v) is 31.1. The summed E-state index contributed by atoms with van der Waals surface area (Å²) in [5.41, 5.74) is 0. The fourth-order valence-corrected chi connectivity index (χ4v) is 4.66. The number of terminal acetylenes is 1. The van der Waals surface area contributed by atoms with Crippen molar-refractivity contribution < 1.29 is 72.4 Å². The van der Waals surface area contributed by atoms with Crippen LogP contribution in [0.2, 0.25) is 0 Å². The van der Waals surface area contributed by atoms with Crippen molar-refractivity contribution in [3.8, 4) is 12.3 Å². The number of ether oxygens (including phenoxy) is 8. The molecule has 19 heteroatoms. The number of hydrogen-bond acceptors (Lipinski definition) is 14. The molecule has 304 valence electrons. The molecule has 0 spiro atoms. The molecule has 3 atom stereocenters. The molecular weight excluding hydrogens is 704 g/mol. The Kier molecular flexibility index (Phi) is 26.5. The largest absolute Gasteiger partial charge is 0.477 e. The van der Waals surface area contributed by atoms with Crippen LogP contribution in [0.3, 0.4) is 0 Å². The second kappa shape index (κ2) is 29.7. The molecule has 1 aliphatic heterocycles. The highest BCUT2D eigenvalue weighted by Crippen LogP contribution is 2.24. The highest BCUT2D eigenvalue weighted by molar-refractivity contribution is 5.84. The van der Waals surface area contributed by atoms with Gasteiger partial charge in [0, 0.05) is 66.8 Å². The number of carbonyl (C=O) groups excluding carboxylic acids is 2. The smallest absolute Gasteiger partial charge is 0.409 e. The lowest BCUT2D eigenvalue weighted by molar-refractivity contribution is -0.141. The first-order chi connectivity index (χ1) is 25.5. The highest BCUT2D eigenvalue weighted by atomic mass is 16.6. The summed E-state index contributed by atoms with van der Waals surface area (Å²) in [6, 6.07) is -0.673. The molecule has 1 aliphatic rings. The monoisotopic (exact) mass is 762 g/mol. The molecule has 53 heavy (non-hydrogen) atoms. The van der Waals surface area contributed by atoms with Gasteiger partial charge in [0.1, 0.15) is 12.7 Å². The summed E-state index contributed by atoms with van der Waals surface area (Å²) in [4.78, 5) is 51.7. The van der Waals surface area contributed by atoms with Gasteiger partial charge in [-0.25, -0.2) is 14.4 Å². The molecule has 0 unspecified atom stereocenters. The van der Waals surface area contributed by atoms with Crippen molar-refractivity contribution in [2.75, 3.05) is 133 Å². The Labute approximate surface area is 311 Å². The van der Waals surface area contributed by atoms with Crippen LogP contribution >= 0.6 is 0 Å². The third kappa shape index (κ3) is 22.8. The molecule has 0 saturated carbocycles. The maximum absolute atomic E-state index is 12.9. The van der Waals surface area contributed by atoms with Gasteiger partial charge >= 0.3 is 18.2 Å². The Morgan fingerprint density at radius 3 is 1.81 bits per heavy atom. The molecule has 1 heterocycles. The topological polar surface area (TPSA) is 225 Å². The van der Waals surface area contributed by atoms with Crippen LogP contribution in [-0.2, 0) is 47.5 Å².